The van der Waals surface area contributed by atoms with E-state index in [2.05, 4.69) is 5.32 Å². The van der Waals surface area contributed by atoms with Gasteiger partial charge in [-0.1, -0.05) is 36.4 Å². The van der Waals surface area contributed by atoms with Gasteiger partial charge in [0.05, 0.1) is 12.6 Å². The SMILES string of the molecule is O=C(c1cccc(OCc2ccccc2)c1)N1CC(N2C(=O)CNC2=O)C1. The van der Waals surface area contributed by atoms with Gasteiger partial charge in [0.2, 0.25) is 5.91 Å². The molecule has 2 aromatic carbocycles. The number of nitrogens with one attached hydrogen (secondary N) is 1. The third-order valence-corrected chi connectivity index (χ3v) is 4.72. The van der Waals surface area contributed by atoms with E-state index >= 15 is 0 Å². The summed E-state index contributed by atoms with van der Waals surface area (Å²) in [6.07, 6.45) is 0. The first-order valence-corrected chi connectivity index (χ1v) is 8.78. The number of carbonyl (C=O) groups is 3. The molecule has 2 aliphatic heterocycles. The number of likely N-dealkylation sites (tertiary alicyclic amines) is 1. The molecule has 0 spiro atoms. The van der Waals surface area contributed by atoms with Crippen LogP contribution in [0.3, 0.4) is 0 Å². The lowest BCUT2D eigenvalue weighted by atomic mass is 10.0. The number of amides is 4. The molecular weight excluding hydrogens is 346 g/mol. The summed E-state index contributed by atoms with van der Waals surface area (Å²) in [6.45, 7) is 1.17. The number of nitrogens with zero attached hydrogens (tertiary/aromatic N) is 2. The van der Waals surface area contributed by atoms with Crippen molar-refractivity contribution in [1.29, 1.82) is 0 Å². The third kappa shape index (κ3) is 3.48. The number of hydrogen-bond acceptors (Lipinski definition) is 4. The lowest BCUT2D eigenvalue weighted by Gasteiger charge is -2.42. The maximum atomic E-state index is 12.6. The molecule has 7 heteroatoms. The third-order valence-electron chi connectivity index (χ3n) is 4.72. The molecule has 138 valence electrons. The fraction of sp³-hybridized carbons (Fsp3) is 0.250. The van der Waals surface area contributed by atoms with Crippen LogP contribution in [0.2, 0.25) is 0 Å². The summed E-state index contributed by atoms with van der Waals surface area (Å²) in [4.78, 5) is 38.9. The van der Waals surface area contributed by atoms with E-state index in [0.29, 0.717) is 31.0 Å². The van der Waals surface area contributed by atoms with E-state index in [1.54, 1.807) is 23.1 Å². The van der Waals surface area contributed by atoms with Gasteiger partial charge in [-0.2, -0.15) is 0 Å². The van der Waals surface area contributed by atoms with Crippen LogP contribution in [0.15, 0.2) is 54.6 Å². The lowest BCUT2D eigenvalue weighted by Crippen LogP contribution is -2.62. The Hall–Kier alpha value is -3.35. The first kappa shape index (κ1) is 17.1. The van der Waals surface area contributed by atoms with Gasteiger partial charge in [0.15, 0.2) is 0 Å². The highest BCUT2D eigenvalue weighted by molar-refractivity contribution is 6.03. The summed E-state index contributed by atoms with van der Waals surface area (Å²) in [7, 11) is 0. The monoisotopic (exact) mass is 365 g/mol. The van der Waals surface area contributed by atoms with Gasteiger partial charge in [-0.3, -0.25) is 14.5 Å². The summed E-state index contributed by atoms with van der Waals surface area (Å²) in [5.41, 5.74) is 1.57. The summed E-state index contributed by atoms with van der Waals surface area (Å²) in [5.74, 6) is 0.243. The van der Waals surface area contributed by atoms with Crippen LogP contribution in [-0.4, -0.2) is 53.3 Å². The Morgan fingerprint density at radius 3 is 2.56 bits per heavy atom. The summed E-state index contributed by atoms with van der Waals surface area (Å²) >= 11 is 0. The number of imide groups is 1. The van der Waals surface area contributed by atoms with Crippen molar-refractivity contribution in [3.05, 3.63) is 65.7 Å². The predicted octanol–water partition coefficient (Wildman–Crippen LogP) is 1.64. The molecule has 2 aromatic rings. The number of rotatable bonds is 5. The van der Waals surface area contributed by atoms with E-state index in [0.717, 1.165) is 5.56 Å². The molecule has 2 saturated heterocycles. The Morgan fingerprint density at radius 2 is 1.85 bits per heavy atom. The molecule has 1 N–H and O–H groups in total. The number of urea groups is 1. The fourth-order valence-corrected chi connectivity index (χ4v) is 3.23. The molecule has 4 amide bonds. The van der Waals surface area contributed by atoms with Crippen LogP contribution >= 0.6 is 0 Å². The molecule has 7 nitrogen and oxygen atoms in total. The first-order chi connectivity index (χ1) is 13.1. The molecule has 4 rings (SSSR count). The minimum absolute atomic E-state index is 0.0318. The topological polar surface area (TPSA) is 79.0 Å². The molecule has 0 aromatic heterocycles. The molecule has 0 radical (unpaired) electrons. The average Bonchev–Trinajstić information content (AvgIpc) is 2.99. The van der Waals surface area contributed by atoms with Gasteiger partial charge in [-0.25, -0.2) is 4.79 Å². The van der Waals surface area contributed by atoms with E-state index < -0.39 is 0 Å². The maximum absolute atomic E-state index is 12.6. The Kier molecular flexibility index (Phi) is 4.50. The molecule has 2 heterocycles. The van der Waals surface area contributed by atoms with E-state index in [9.17, 15) is 14.4 Å². The maximum Gasteiger partial charge on any atom is 0.324 e. The summed E-state index contributed by atoms with van der Waals surface area (Å²) in [6, 6.07) is 16.2. The van der Waals surface area contributed by atoms with Gasteiger partial charge in [0.1, 0.15) is 12.4 Å². The van der Waals surface area contributed by atoms with Crippen molar-refractivity contribution in [1.82, 2.24) is 15.1 Å². The van der Waals surface area contributed by atoms with Crippen LogP contribution in [0.4, 0.5) is 4.79 Å². The lowest BCUT2D eigenvalue weighted by molar-refractivity contribution is -0.128. The standard InChI is InChI=1S/C20H19N3O4/c24-18-10-21-20(26)23(18)16-11-22(12-16)19(25)15-7-4-8-17(9-15)27-13-14-5-2-1-3-6-14/h1-9,16H,10-13H2,(H,21,26). The number of benzene rings is 2. The van der Waals surface area contributed by atoms with Crippen molar-refractivity contribution in [2.24, 2.45) is 0 Å². The van der Waals surface area contributed by atoms with Crippen LogP contribution < -0.4 is 10.1 Å². The molecule has 0 unspecified atom stereocenters. The van der Waals surface area contributed by atoms with Crippen molar-refractivity contribution in [2.75, 3.05) is 19.6 Å². The van der Waals surface area contributed by atoms with Crippen LogP contribution in [0.5, 0.6) is 5.75 Å². The van der Waals surface area contributed by atoms with E-state index in [1.165, 1.54) is 4.90 Å². The number of hydrogen-bond donors (Lipinski definition) is 1. The van der Waals surface area contributed by atoms with E-state index in [4.69, 9.17) is 4.74 Å². The van der Waals surface area contributed by atoms with Gasteiger partial charge in [-0.15, -0.1) is 0 Å². The minimum atomic E-state index is -0.381. The van der Waals surface area contributed by atoms with Crippen LogP contribution in [-0.2, 0) is 11.4 Å². The Labute approximate surface area is 156 Å². The van der Waals surface area contributed by atoms with E-state index in [-0.39, 0.29) is 30.4 Å². The van der Waals surface area contributed by atoms with E-state index in [1.807, 2.05) is 36.4 Å². The van der Waals surface area contributed by atoms with Gasteiger partial charge >= 0.3 is 6.03 Å². The highest BCUT2D eigenvalue weighted by Crippen LogP contribution is 2.22. The molecular formula is C20H19N3O4. The first-order valence-electron chi connectivity index (χ1n) is 8.78. The molecule has 0 saturated carbocycles. The zero-order chi connectivity index (χ0) is 18.8. The van der Waals surface area contributed by atoms with Crippen molar-refractivity contribution < 1.29 is 19.1 Å². The highest BCUT2D eigenvalue weighted by atomic mass is 16.5. The van der Waals surface area contributed by atoms with Crippen molar-refractivity contribution in [3.8, 4) is 5.75 Å². The second kappa shape index (κ2) is 7.11. The minimum Gasteiger partial charge on any atom is -0.489 e. The Bertz CT molecular complexity index is 862. The number of ether oxygens (including phenoxy) is 1. The molecule has 27 heavy (non-hydrogen) atoms. The molecule has 0 atom stereocenters. The largest absolute Gasteiger partial charge is 0.489 e. The molecule has 2 aliphatic rings. The number of carbonyl (C=O) groups excluding carboxylic acids is 3. The van der Waals surface area contributed by atoms with Gasteiger partial charge in [0, 0.05) is 18.7 Å². The quantitative estimate of drug-likeness (QED) is 0.817. The van der Waals surface area contributed by atoms with Gasteiger partial charge in [0.25, 0.3) is 5.91 Å². The van der Waals surface area contributed by atoms with Crippen LogP contribution in [0.25, 0.3) is 0 Å². The zero-order valence-electron chi connectivity index (χ0n) is 14.6. The summed E-state index contributed by atoms with van der Waals surface area (Å²) < 4.78 is 5.77. The zero-order valence-corrected chi connectivity index (χ0v) is 14.6. The Morgan fingerprint density at radius 1 is 1.07 bits per heavy atom. The van der Waals surface area contributed by atoms with Crippen molar-refractivity contribution in [3.63, 3.8) is 0 Å². The summed E-state index contributed by atoms with van der Waals surface area (Å²) in [5, 5.41) is 2.50. The van der Waals surface area contributed by atoms with Gasteiger partial charge < -0.3 is 15.0 Å². The van der Waals surface area contributed by atoms with Crippen molar-refractivity contribution >= 4 is 17.8 Å². The van der Waals surface area contributed by atoms with Gasteiger partial charge in [-0.05, 0) is 23.8 Å². The smallest absolute Gasteiger partial charge is 0.324 e. The second-order valence-corrected chi connectivity index (χ2v) is 6.59. The van der Waals surface area contributed by atoms with Crippen LogP contribution in [0, 0.1) is 0 Å². The van der Waals surface area contributed by atoms with Crippen LogP contribution in [0.1, 0.15) is 15.9 Å². The molecule has 0 bridgehead atoms. The molecule has 0 aliphatic carbocycles. The van der Waals surface area contributed by atoms with Crippen molar-refractivity contribution in [2.45, 2.75) is 12.6 Å². The Balaban J connectivity index is 1.36. The highest BCUT2D eigenvalue weighted by Gasteiger charge is 2.43. The predicted molar refractivity (Wildman–Crippen MR) is 97.2 cm³/mol. The molecule has 2 fully saturated rings. The fourth-order valence-electron chi connectivity index (χ4n) is 3.23. The average molecular weight is 365 g/mol. The second-order valence-electron chi connectivity index (χ2n) is 6.59. The normalized spacial score (nSPS) is 16.9.